The molecule has 2 amide bonds. The molecule has 2 unspecified atom stereocenters. The van der Waals surface area contributed by atoms with E-state index in [0.29, 0.717) is 12.1 Å². The van der Waals surface area contributed by atoms with E-state index in [2.05, 4.69) is 10.6 Å². The number of nitrogens with one attached hydrogen (secondary N) is 2. The van der Waals surface area contributed by atoms with Gasteiger partial charge in [-0.2, -0.15) is 0 Å². The number of halogens is 1. The molecular weight excluding hydrogens is 309 g/mol. The molecule has 5 nitrogen and oxygen atoms in total. The number of urea groups is 1. The van der Waals surface area contributed by atoms with Crippen molar-refractivity contribution >= 4 is 6.03 Å². The van der Waals surface area contributed by atoms with Crippen LogP contribution in [0.3, 0.4) is 0 Å². The van der Waals surface area contributed by atoms with E-state index in [9.17, 15) is 14.3 Å². The fraction of sp³-hybridized carbons (Fsp3) is 0.611. The van der Waals surface area contributed by atoms with Gasteiger partial charge in [0.05, 0.1) is 0 Å². The van der Waals surface area contributed by atoms with Crippen LogP contribution in [0.5, 0.6) is 0 Å². The highest BCUT2D eigenvalue weighted by Gasteiger charge is 2.25. The van der Waals surface area contributed by atoms with Gasteiger partial charge in [-0.25, -0.2) is 9.18 Å². The Morgan fingerprint density at radius 2 is 2.08 bits per heavy atom. The van der Waals surface area contributed by atoms with E-state index in [1.54, 1.807) is 6.07 Å². The molecular formula is C18H28FN3O2. The van der Waals surface area contributed by atoms with Gasteiger partial charge in [-0.15, -0.1) is 0 Å². The summed E-state index contributed by atoms with van der Waals surface area (Å²) in [5, 5.41) is 15.1. The van der Waals surface area contributed by atoms with Crippen LogP contribution in [0.15, 0.2) is 18.2 Å². The summed E-state index contributed by atoms with van der Waals surface area (Å²) in [7, 11) is 3.79. The Labute approximate surface area is 143 Å². The van der Waals surface area contributed by atoms with Crippen molar-refractivity contribution in [1.82, 2.24) is 15.5 Å². The molecule has 0 saturated heterocycles. The first-order valence-electron chi connectivity index (χ1n) is 8.57. The van der Waals surface area contributed by atoms with Gasteiger partial charge in [-0.3, -0.25) is 0 Å². The van der Waals surface area contributed by atoms with Crippen LogP contribution in [0.25, 0.3) is 0 Å². The SMILES string of the molecule is CN(C)Cc1ccc(CNC(=O)NC2CCCCC2CO)cc1F. The molecule has 2 atom stereocenters. The molecule has 6 heteroatoms. The predicted molar refractivity (Wildman–Crippen MR) is 92.0 cm³/mol. The fourth-order valence-corrected chi connectivity index (χ4v) is 3.19. The summed E-state index contributed by atoms with van der Waals surface area (Å²) in [5.41, 5.74) is 1.37. The van der Waals surface area contributed by atoms with Gasteiger partial charge in [0.1, 0.15) is 5.82 Å². The fourth-order valence-electron chi connectivity index (χ4n) is 3.19. The molecule has 1 fully saturated rings. The molecule has 0 heterocycles. The number of carbonyl (C=O) groups excluding carboxylic acids is 1. The first-order valence-corrected chi connectivity index (χ1v) is 8.57. The lowest BCUT2D eigenvalue weighted by Gasteiger charge is -2.30. The van der Waals surface area contributed by atoms with Gasteiger partial charge in [-0.05, 0) is 38.6 Å². The minimum absolute atomic E-state index is 0.0166. The number of aliphatic hydroxyl groups is 1. The van der Waals surface area contributed by atoms with E-state index in [4.69, 9.17) is 0 Å². The average Bonchev–Trinajstić information content (AvgIpc) is 2.55. The first kappa shape index (κ1) is 18.7. The second-order valence-electron chi connectivity index (χ2n) is 6.82. The Balaban J connectivity index is 1.84. The van der Waals surface area contributed by atoms with Gasteiger partial charge in [0.25, 0.3) is 0 Å². The van der Waals surface area contributed by atoms with Crippen LogP contribution in [0.1, 0.15) is 36.8 Å². The molecule has 1 aliphatic carbocycles. The third-order valence-electron chi connectivity index (χ3n) is 4.52. The van der Waals surface area contributed by atoms with Gasteiger partial charge in [0, 0.05) is 37.2 Å². The second kappa shape index (κ2) is 8.99. The number of rotatable bonds is 6. The van der Waals surface area contributed by atoms with E-state index >= 15 is 0 Å². The molecule has 1 aliphatic rings. The maximum Gasteiger partial charge on any atom is 0.315 e. The van der Waals surface area contributed by atoms with Crippen LogP contribution in [-0.4, -0.2) is 42.8 Å². The van der Waals surface area contributed by atoms with Crippen LogP contribution < -0.4 is 10.6 Å². The smallest absolute Gasteiger partial charge is 0.315 e. The first-order chi connectivity index (χ1) is 11.5. The van der Waals surface area contributed by atoms with Crippen LogP contribution in [0.4, 0.5) is 9.18 Å². The number of hydrogen-bond acceptors (Lipinski definition) is 3. The highest BCUT2D eigenvalue weighted by Crippen LogP contribution is 2.23. The maximum absolute atomic E-state index is 14.0. The zero-order valence-corrected chi connectivity index (χ0v) is 14.5. The zero-order chi connectivity index (χ0) is 17.5. The second-order valence-corrected chi connectivity index (χ2v) is 6.82. The van der Waals surface area contributed by atoms with Crippen molar-refractivity contribution in [3.8, 4) is 0 Å². The maximum atomic E-state index is 14.0. The van der Waals surface area contributed by atoms with E-state index in [-0.39, 0.29) is 37.0 Å². The highest BCUT2D eigenvalue weighted by atomic mass is 19.1. The summed E-state index contributed by atoms with van der Waals surface area (Å²) in [4.78, 5) is 13.9. The number of hydrogen-bond donors (Lipinski definition) is 3. The molecule has 1 saturated carbocycles. The monoisotopic (exact) mass is 337 g/mol. The number of amides is 2. The lowest BCUT2D eigenvalue weighted by Crippen LogP contribution is -2.47. The Morgan fingerprint density at radius 1 is 1.33 bits per heavy atom. The predicted octanol–water partition coefficient (Wildman–Crippen LogP) is 2.24. The number of nitrogens with zero attached hydrogens (tertiary/aromatic N) is 1. The molecule has 3 N–H and O–H groups in total. The molecule has 0 spiro atoms. The number of benzene rings is 1. The van der Waals surface area contributed by atoms with Crippen molar-refractivity contribution in [3.63, 3.8) is 0 Å². The topological polar surface area (TPSA) is 64.6 Å². The molecule has 2 rings (SSSR count). The minimum atomic E-state index is -0.266. The van der Waals surface area contributed by atoms with Gasteiger partial charge < -0.3 is 20.6 Å². The molecule has 1 aromatic carbocycles. The van der Waals surface area contributed by atoms with Crippen molar-refractivity contribution in [2.45, 2.75) is 44.8 Å². The zero-order valence-electron chi connectivity index (χ0n) is 14.5. The molecule has 0 radical (unpaired) electrons. The molecule has 134 valence electrons. The molecule has 0 bridgehead atoms. The van der Waals surface area contributed by atoms with Crippen LogP contribution in [-0.2, 0) is 13.1 Å². The Hall–Kier alpha value is -1.66. The Bertz CT molecular complexity index is 551. The summed E-state index contributed by atoms with van der Waals surface area (Å²) in [6.45, 7) is 0.926. The van der Waals surface area contributed by atoms with Gasteiger partial charge in [0.15, 0.2) is 0 Å². The summed E-state index contributed by atoms with van der Waals surface area (Å²) in [6.07, 6.45) is 4.01. The van der Waals surface area contributed by atoms with E-state index in [0.717, 1.165) is 31.2 Å². The molecule has 1 aromatic rings. The quantitative estimate of drug-likeness (QED) is 0.746. The van der Waals surface area contributed by atoms with E-state index in [1.807, 2.05) is 25.1 Å². The molecule has 0 aliphatic heterocycles. The number of carbonyl (C=O) groups is 1. The van der Waals surface area contributed by atoms with Crippen LogP contribution in [0.2, 0.25) is 0 Å². The lowest BCUT2D eigenvalue weighted by atomic mass is 9.85. The van der Waals surface area contributed by atoms with Crippen molar-refractivity contribution in [3.05, 3.63) is 35.1 Å². The third-order valence-corrected chi connectivity index (χ3v) is 4.52. The van der Waals surface area contributed by atoms with Crippen molar-refractivity contribution in [1.29, 1.82) is 0 Å². The minimum Gasteiger partial charge on any atom is -0.396 e. The molecule has 0 aromatic heterocycles. The van der Waals surface area contributed by atoms with Crippen LogP contribution >= 0.6 is 0 Å². The molecule has 24 heavy (non-hydrogen) atoms. The van der Waals surface area contributed by atoms with Gasteiger partial charge in [0.2, 0.25) is 0 Å². The lowest BCUT2D eigenvalue weighted by molar-refractivity contribution is 0.153. The summed E-state index contributed by atoms with van der Waals surface area (Å²) < 4.78 is 14.0. The normalized spacial score (nSPS) is 20.9. The number of aliphatic hydroxyl groups excluding tert-OH is 1. The largest absolute Gasteiger partial charge is 0.396 e. The Kier molecular flexibility index (Phi) is 6.99. The average molecular weight is 337 g/mol. The van der Waals surface area contributed by atoms with E-state index < -0.39 is 0 Å². The van der Waals surface area contributed by atoms with Crippen LogP contribution in [0, 0.1) is 11.7 Å². The summed E-state index contributed by atoms with van der Waals surface area (Å²) in [5.74, 6) is -0.122. The highest BCUT2D eigenvalue weighted by molar-refractivity contribution is 5.74. The Morgan fingerprint density at radius 3 is 2.75 bits per heavy atom. The summed E-state index contributed by atoms with van der Waals surface area (Å²) >= 11 is 0. The summed E-state index contributed by atoms with van der Waals surface area (Å²) in [6, 6.07) is 4.81. The third kappa shape index (κ3) is 5.46. The van der Waals surface area contributed by atoms with Gasteiger partial charge >= 0.3 is 6.03 Å². The van der Waals surface area contributed by atoms with Crippen molar-refractivity contribution < 1.29 is 14.3 Å². The van der Waals surface area contributed by atoms with Gasteiger partial charge in [-0.1, -0.05) is 25.0 Å². The van der Waals surface area contributed by atoms with Crippen molar-refractivity contribution in [2.75, 3.05) is 20.7 Å². The van der Waals surface area contributed by atoms with E-state index in [1.165, 1.54) is 6.07 Å². The van der Waals surface area contributed by atoms with Crippen molar-refractivity contribution in [2.24, 2.45) is 5.92 Å². The standard InChI is InChI=1S/C18H28FN3O2/c1-22(2)11-14-8-7-13(9-16(14)19)10-20-18(24)21-17-6-4-3-5-15(17)12-23/h7-9,15,17,23H,3-6,10-12H2,1-2H3,(H2,20,21,24).